The molecule has 1 saturated carbocycles. The molecular weight excluding hydrogens is 324 g/mol. The first kappa shape index (κ1) is 17.0. The number of ether oxygens (including phenoxy) is 1. The number of benzene rings is 2. The van der Waals surface area contributed by atoms with Crippen molar-refractivity contribution in [1.82, 2.24) is 0 Å². The molecule has 1 fully saturated rings. The molecule has 0 radical (unpaired) electrons. The predicted molar refractivity (Wildman–Crippen MR) is 102 cm³/mol. The molecular formula is C23H24O3. The SMILES string of the molecule is C=C(C)[C@@H]1CCC(C)C[C@H]1C1C(=O)Oc2ccc3ccccc3c2C1=O. The van der Waals surface area contributed by atoms with Gasteiger partial charge in [0.25, 0.3) is 0 Å². The Labute approximate surface area is 154 Å². The van der Waals surface area contributed by atoms with Crippen molar-refractivity contribution in [3.05, 3.63) is 54.1 Å². The predicted octanol–water partition coefficient (Wildman–Crippen LogP) is 5.19. The molecule has 4 atom stereocenters. The number of carbonyl (C=O) groups excluding carboxylic acids is 2. The van der Waals surface area contributed by atoms with E-state index in [-0.39, 0.29) is 17.6 Å². The normalized spacial score (nSPS) is 28.5. The van der Waals surface area contributed by atoms with Gasteiger partial charge in [0.1, 0.15) is 11.7 Å². The van der Waals surface area contributed by atoms with Gasteiger partial charge < -0.3 is 4.74 Å². The molecule has 0 saturated heterocycles. The molecule has 0 N–H and O–H groups in total. The number of hydrogen-bond donors (Lipinski definition) is 0. The number of rotatable bonds is 2. The molecule has 2 aromatic carbocycles. The van der Waals surface area contributed by atoms with Crippen molar-refractivity contribution in [2.45, 2.75) is 33.1 Å². The third-order valence-corrected chi connectivity index (χ3v) is 6.11. The highest BCUT2D eigenvalue weighted by molar-refractivity contribution is 6.19. The van der Waals surface area contributed by atoms with Crippen molar-refractivity contribution in [2.75, 3.05) is 0 Å². The lowest BCUT2D eigenvalue weighted by atomic mass is 9.65. The molecule has 2 unspecified atom stereocenters. The maximum absolute atomic E-state index is 13.5. The summed E-state index contributed by atoms with van der Waals surface area (Å²) in [5.74, 6) is -0.136. The van der Waals surface area contributed by atoms with Gasteiger partial charge >= 0.3 is 5.97 Å². The van der Waals surface area contributed by atoms with Crippen LogP contribution in [-0.4, -0.2) is 11.8 Å². The first-order valence-corrected chi connectivity index (χ1v) is 9.40. The minimum Gasteiger partial charge on any atom is -0.425 e. The Morgan fingerprint density at radius 3 is 2.65 bits per heavy atom. The van der Waals surface area contributed by atoms with E-state index in [4.69, 9.17) is 4.74 Å². The van der Waals surface area contributed by atoms with Crippen LogP contribution in [-0.2, 0) is 4.79 Å². The number of allylic oxidation sites excluding steroid dienone is 1. The van der Waals surface area contributed by atoms with E-state index >= 15 is 0 Å². The number of Topliss-reactive ketones (excluding diaryl/α,β-unsaturated/α-hetero) is 1. The molecule has 1 aliphatic carbocycles. The summed E-state index contributed by atoms with van der Waals surface area (Å²) < 4.78 is 5.65. The second-order valence-corrected chi connectivity index (χ2v) is 7.96. The Kier molecular flexibility index (Phi) is 4.18. The van der Waals surface area contributed by atoms with Crippen LogP contribution in [0.4, 0.5) is 0 Å². The second-order valence-electron chi connectivity index (χ2n) is 7.96. The number of fused-ring (bicyclic) bond motifs is 3. The number of hydrogen-bond acceptors (Lipinski definition) is 3. The first-order valence-electron chi connectivity index (χ1n) is 9.40. The van der Waals surface area contributed by atoms with E-state index in [1.54, 1.807) is 6.07 Å². The highest BCUT2D eigenvalue weighted by Crippen LogP contribution is 2.45. The molecule has 0 spiro atoms. The molecule has 2 aromatic rings. The number of ketones is 1. The van der Waals surface area contributed by atoms with E-state index in [9.17, 15) is 9.59 Å². The zero-order chi connectivity index (χ0) is 18.4. The highest BCUT2D eigenvalue weighted by atomic mass is 16.5. The lowest BCUT2D eigenvalue weighted by molar-refractivity contribution is -0.140. The van der Waals surface area contributed by atoms with Crippen molar-refractivity contribution in [3.63, 3.8) is 0 Å². The molecule has 0 bridgehead atoms. The fourth-order valence-corrected chi connectivity index (χ4v) is 4.80. The zero-order valence-electron chi connectivity index (χ0n) is 15.3. The fourth-order valence-electron chi connectivity index (χ4n) is 4.80. The average Bonchev–Trinajstić information content (AvgIpc) is 2.61. The van der Waals surface area contributed by atoms with E-state index in [2.05, 4.69) is 13.5 Å². The van der Waals surface area contributed by atoms with Gasteiger partial charge in [-0.05, 0) is 54.4 Å². The lowest BCUT2D eigenvalue weighted by Crippen LogP contribution is -2.43. The van der Waals surface area contributed by atoms with Crippen molar-refractivity contribution < 1.29 is 14.3 Å². The van der Waals surface area contributed by atoms with E-state index in [0.29, 0.717) is 17.2 Å². The minimum absolute atomic E-state index is 0.0247. The fraction of sp³-hybridized carbons (Fsp3) is 0.391. The van der Waals surface area contributed by atoms with Crippen molar-refractivity contribution in [3.8, 4) is 5.75 Å². The number of carbonyl (C=O) groups is 2. The van der Waals surface area contributed by atoms with Crippen LogP contribution < -0.4 is 4.74 Å². The van der Waals surface area contributed by atoms with Crippen LogP contribution in [0.2, 0.25) is 0 Å². The summed E-state index contributed by atoms with van der Waals surface area (Å²) in [5, 5.41) is 1.85. The lowest BCUT2D eigenvalue weighted by Gasteiger charge is -2.40. The van der Waals surface area contributed by atoms with Crippen LogP contribution in [0.25, 0.3) is 10.8 Å². The largest absolute Gasteiger partial charge is 0.425 e. The van der Waals surface area contributed by atoms with E-state index in [0.717, 1.165) is 35.6 Å². The summed E-state index contributed by atoms with van der Waals surface area (Å²) in [5.41, 5.74) is 1.62. The van der Waals surface area contributed by atoms with E-state index < -0.39 is 11.9 Å². The van der Waals surface area contributed by atoms with Crippen LogP contribution in [0.5, 0.6) is 5.75 Å². The first-order chi connectivity index (χ1) is 12.5. The Balaban J connectivity index is 1.82. The van der Waals surface area contributed by atoms with Gasteiger partial charge in [-0.3, -0.25) is 9.59 Å². The minimum atomic E-state index is -0.724. The molecule has 0 amide bonds. The van der Waals surface area contributed by atoms with Crippen LogP contribution >= 0.6 is 0 Å². The van der Waals surface area contributed by atoms with Gasteiger partial charge in [-0.25, -0.2) is 0 Å². The Bertz CT molecular complexity index is 911. The molecule has 1 aliphatic heterocycles. The summed E-state index contributed by atoms with van der Waals surface area (Å²) in [4.78, 5) is 26.3. The van der Waals surface area contributed by atoms with Gasteiger partial charge in [-0.15, -0.1) is 0 Å². The average molecular weight is 348 g/mol. The summed E-state index contributed by atoms with van der Waals surface area (Å²) in [6.07, 6.45) is 2.97. The Morgan fingerprint density at radius 1 is 1.12 bits per heavy atom. The molecule has 26 heavy (non-hydrogen) atoms. The molecule has 2 aliphatic rings. The zero-order valence-corrected chi connectivity index (χ0v) is 15.3. The van der Waals surface area contributed by atoms with Crippen molar-refractivity contribution >= 4 is 22.5 Å². The summed E-state index contributed by atoms with van der Waals surface area (Å²) in [6.45, 7) is 8.34. The van der Waals surface area contributed by atoms with E-state index in [1.807, 2.05) is 37.3 Å². The Morgan fingerprint density at radius 2 is 1.88 bits per heavy atom. The van der Waals surface area contributed by atoms with Crippen LogP contribution in [0, 0.1) is 23.7 Å². The van der Waals surface area contributed by atoms with Crippen molar-refractivity contribution in [2.24, 2.45) is 23.7 Å². The standard InChI is InChI=1S/C23H24O3/c1-13(2)16-10-8-14(3)12-18(16)21-22(24)20-17-7-5-4-6-15(17)9-11-19(20)26-23(21)25/h4-7,9,11,14,16,18,21H,1,8,10,12H2,2-3H3/t14?,16-,18+,21?/m0/s1. The second kappa shape index (κ2) is 6.39. The topological polar surface area (TPSA) is 43.4 Å². The monoisotopic (exact) mass is 348 g/mol. The van der Waals surface area contributed by atoms with Gasteiger partial charge in [-0.1, -0.05) is 55.8 Å². The van der Waals surface area contributed by atoms with E-state index in [1.165, 1.54) is 0 Å². The van der Waals surface area contributed by atoms with Gasteiger partial charge in [0, 0.05) is 0 Å². The third kappa shape index (κ3) is 2.66. The maximum Gasteiger partial charge on any atom is 0.322 e. The molecule has 134 valence electrons. The van der Waals surface area contributed by atoms with Crippen LogP contribution in [0.1, 0.15) is 43.5 Å². The van der Waals surface area contributed by atoms with Crippen LogP contribution in [0.15, 0.2) is 48.6 Å². The quantitative estimate of drug-likeness (QED) is 0.325. The summed E-state index contributed by atoms with van der Waals surface area (Å²) in [6, 6.07) is 11.4. The van der Waals surface area contributed by atoms with Gasteiger partial charge in [0.15, 0.2) is 5.78 Å². The van der Waals surface area contributed by atoms with Gasteiger partial charge in [0.2, 0.25) is 0 Å². The third-order valence-electron chi connectivity index (χ3n) is 6.11. The van der Waals surface area contributed by atoms with Crippen LogP contribution in [0.3, 0.4) is 0 Å². The van der Waals surface area contributed by atoms with Gasteiger partial charge in [0.05, 0.1) is 5.56 Å². The highest BCUT2D eigenvalue weighted by Gasteiger charge is 2.46. The summed E-state index contributed by atoms with van der Waals surface area (Å²) in [7, 11) is 0. The maximum atomic E-state index is 13.5. The molecule has 1 heterocycles. The molecule has 3 heteroatoms. The summed E-state index contributed by atoms with van der Waals surface area (Å²) >= 11 is 0. The van der Waals surface area contributed by atoms with Gasteiger partial charge in [-0.2, -0.15) is 0 Å². The number of esters is 1. The van der Waals surface area contributed by atoms with Crippen molar-refractivity contribution in [1.29, 1.82) is 0 Å². The molecule has 3 nitrogen and oxygen atoms in total. The smallest absolute Gasteiger partial charge is 0.322 e. The molecule has 4 rings (SSSR count). The molecule has 0 aromatic heterocycles. The Hall–Kier alpha value is -2.42.